The van der Waals surface area contributed by atoms with E-state index >= 15 is 0 Å². The zero-order chi connectivity index (χ0) is 22.3. The molecule has 2 aliphatic rings. The Bertz CT molecular complexity index is 959. The minimum absolute atomic E-state index is 0.0352. The maximum Gasteiger partial charge on any atom is 0.224 e. The largest absolute Gasteiger partial charge is 0.494 e. The number of likely N-dealkylation sites (tertiary alicyclic amines) is 1. The number of fused-ring (bicyclic) bond motifs is 1. The standard InChI is InChI=1S/C25H30ClN3O3/c26-20-6-3-5-19(15-20)23(29-12-1-2-13-29)17-27-24(30)7-4-14-32-21-9-10-22-18(16-21)8-11-25(31)28-22/h3,5-6,9-10,15-16,23H,1-2,4,7-8,11-14,17H2,(H,27,30)(H,28,31). The SMILES string of the molecule is O=C(CCCOc1ccc2c(c1)CCC(=O)N2)NCC(c1cccc(Cl)c1)N1CCCC1. The predicted octanol–water partition coefficient (Wildman–Crippen LogP) is 4.34. The summed E-state index contributed by atoms with van der Waals surface area (Å²) in [6, 6.07) is 13.8. The first-order chi connectivity index (χ1) is 15.6. The van der Waals surface area contributed by atoms with Gasteiger partial charge in [0.1, 0.15) is 5.75 Å². The van der Waals surface area contributed by atoms with Gasteiger partial charge in [-0.25, -0.2) is 0 Å². The molecule has 0 radical (unpaired) electrons. The van der Waals surface area contributed by atoms with E-state index < -0.39 is 0 Å². The van der Waals surface area contributed by atoms with Crippen LogP contribution in [-0.4, -0.2) is 43.0 Å². The van der Waals surface area contributed by atoms with Crippen LogP contribution >= 0.6 is 11.6 Å². The molecular formula is C25H30ClN3O3. The van der Waals surface area contributed by atoms with E-state index in [1.54, 1.807) is 0 Å². The second-order valence-electron chi connectivity index (χ2n) is 8.44. The number of carbonyl (C=O) groups is 2. The Morgan fingerprint density at radius 3 is 2.81 bits per heavy atom. The lowest BCUT2D eigenvalue weighted by molar-refractivity contribution is -0.121. The van der Waals surface area contributed by atoms with Crippen molar-refractivity contribution >= 4 is 29.1 Å². The molecule has 7 heteroatoms. The van der Waals surface area contributed by atoms with Gasteiger partial charge < -0.3 is 15.4 Å². The van der Waals surface area contributed by atoms with Crippen LogP contribution in [0, 0.1) is 0 Å². The van der Waals surface area contributed by atoms with Crippen molar-refractivity contribution in [1.82, 2.24) is 10.2 Å². The fourth-order valence-corrected chi connectivity index (χ4v) is 4.59. The normalized spacial score (nSPS) is 16.8. The lowest BCUT2D eigenvalue weighted by atomic mass is 10.0. The van der Waals surface area contributed by atoms with Crippen molar-refractivity contribution in [2.24, 2.45) is 0 Å². The molecule has 2 heterocycles. The first-order valence-electron chi connectivity index (χ1n) is 11.4. The quantitative estimate of drug-likeness (QED) is 0.552. The van der Waals surface area contributed by atoms with Crippen molar-refractivity contribution in [2.45, 2.75) is 44.6 Å². The monoisotopic (exact) mass is 455 g/mol. The number of rotatable bonds is 9. The molecule has 2 aromatic carbocycles. The molecule has 0 spiro atoms. The highest BCUT2D eigenvalue weighted by atomic mass is 35.5. The van der Waals surface area contributed by atoms with Crippen LogP contribution in [0.4, 0.5) is 5.69 Å². The Hall–Kier alpha value is -2.57. The summed E-state index contributed by atoms with van der Waals surface area (Å²) in [5.41, 5.74) is 3.10. The number of amides is 2. The number of anilines is 1. The van der Waals surface area contributed by atoms with Gasteiger partial charge in [-0.2, -0.15) is 0 Å². The first-order valence-corrected chi connectivity index (χ1v) is 11.8. The lowest BCUT2D eigenvalue weighted by Gasteiger charge is -2.28. The number of aryl methyl sites for hydroxylation is 1. The molecule has 1 fully saturated rings. The van der Waals surface area contributed by atoms with E-state index in [1.807, 2.05) is 36.4 Å². The smallest absolute Gasteiger partial charge is 0.224 e. The molecular weight excluding hydrogens is 426 g/mol. The number of ether oxygens (including phenoxy) is 1. The lowest BCUT2D eigenvalue weighted by Crippen LogP contribution is -2.36. The number of carbonyl (C=O) groups excluding carboxylic acids is 2. The Kier molecular flexibility index (Phi) is 7.66. The second kappa shape index (κ2) is 10.8. The number of halogens is 1. The molecule has 0 aromatic heterocycles. The maximum absolute atomic E-state index is 12.4. The average molecular weight is 456 g/mol. The van der Waals surface area contributed by atoms with Crippen molar-refractivity contribution < 1.29 is 14.3 Å². The molecule has 2 aliphatic heterocycles. The Morgan fingerprint density at radius 2 is 2.00 bits per heavy atom. The average Bonchev–Trinajstić information content (AvgIpc) is 3.31. The number of hydrogen-bond acceptors (Lipinski definition) is 4. The number of nitrogens with one attached hydrogen (secondary N) is 2. The highest BCUT2D eigenvalue weighted by Gasteiger charge is 2.24. The Morgan fingerprint density at radius 1 is 1.16 bits per heavy atom. The highest BCUT2D eigenvalue weighted by Crippen LogP contribution is 2.28. The van der Waals surface area contributed by atoms with Gasteiger partial charge in [0.15, 0.2) is 0 Å². The number of hydrogen-bond donors (Lipinski definition) is 2. The molecule has 0 bridgehead atoms. The fraction of sp³-hybridized carbons (Fsp3) is 0.440. The van der Waals surface area contributed by atoms with Gasteiger partial charge in [0.05, 0.1) is 12.6 Å². The second-order valence-corrected chi connectivity index (χ2v) is 8.87. The number of nitrogens with zero attached hydrogens (tertiary/aromatic N) is 1. The molecule has 4 rings (SSSR count). The van der Waals surface area contributed by atoms with E-state index in [1.165, 1.54) is 12.8 Å². The molecule has 170 valence electrons. The number of benzene rings is 2. The van der Waals surface area contributed by atoms with E-state index in [9.17, 15) is 9.59 Å². The summed E-state index contributed by atoms with van der Waals surface area (Å²) >= 11 is 6.20. The van der Waals surface area contributed by atoms with E-state index in [0.717, 1.165) is 47.1 Å². The summed E-state index contributed by atoms with van der Waals surface area (Å²) in [6.45, 7) is 3.15. The van der Waals surface area contributed by atoms with Crippen LogP contribution in [0.1, 0.15) is 49.3 Å². The highest BCUT2D eigenvalue weighted by molar-refractivity contribution is 6.30. The van der Waals surface area contributed by atoms with Crippen molar-refractivity contribution in [1.29, 1.82) is 0 Å². The molecule has 0 saturated carbocycles. The van der Waals surface area contributed by atoms with Gasteiger partial charge in [0.25, 0.3) is 0 Å². The molecule has 32 heavy (non-hydrogen) atoms. The van der Waals surface area contributed by atoms with E-state index in [4.69, 9.17) is 16.3 Å². The summed E-state index contributed by atoms with van der Waals surface area (Å²) in [5.74, 6) is 0.864. The van der Waals surface area contributed by atoms with Crippen LogP contribution in [0.5, 0.6) is 5.75 Å². The first kappa shape index (κ1) is 22.6. The van der Waals surface area contributed by atoms with Crippen molar-refractivity contribution in [3.63, 3.8) is 0 Å². The van der Waals surface area contributed by atoms with Crippen LogP contribution in [0.3, 0.4) is 0 Å². The predicted molar refractivity (Wildman–Crippen MR) is 126 cm³/mol. The minimum Gasteiger partial charge on any atom is -0.494 e. The van der Waals surface area contributed by atoms with Gasteiger partial charge in [-0.05, 0) is 80.2 Å². The third-order valence-electron chi connectivity index (χ3n) is 6.10. The summed E-state index contributed by atoms with van der Waals surface area (Å²) in [6.07, 6.45) is 4.68. The molecule has 2 amide bonds. The summed E-state index contributed by atoms with van der Waals surface area (Å²) in [4.78, 5) is 26.3. The zero-order valence-corrected chi connectivity index (χ0v) is 19.0. The Balaban J connectivity index is 1.22. The van der Waals surface area contributed by atoms with Gasteiger partial charge in [-0.15, -0.1) is 0 Å². The van der Waals surface area contributed by atoms with Crippen LogP contribution in [0.25, 0.3) is 0 Å². The van der Waals surface area contributed by atoms with Crippen LogP contribution in [0.2, 0.25) is 5.02 Å². The summed E-state index contributed by atoms with van der Waals surface area (Å²) < 4.78 is 5.82. The molecule has 2 N–H and O–H groups in total. The van der Waals surface area contributed by atoms with Crippen molar-refractivity contribution in [2.75, 3.05) is 31.6 Å². The summed E-state index contributed by atoms with van der Waals surface area (Å²) in [5, 5.41) is 6.69. The van der Waals surface area contributed by atoms with Gasteiger partial charge in [-0.3, -0.25) is 14.5 Å². The Labute approximate surface area is 194 Å². The third kappa shape index (κ3) is 6.02. The van der Waals surface area contributed by atoms with Gasteiger partial charge in [0.2, 0.25) is 11.8 Å². The van der Waals surface area contributed by atoms with E-state index in [0.29, 0.717) is 32.4 Å². The van der Waals surface area contributed by atoms with Crippen LogP contribution in [0.15, 0.2) is 42.5 Å². The van der Waals surface area contributed by atoms with Gasteiger partial charge in [-0.1, -0.05) is 23.7 Å². The maximum atomic E-state index is 12.4. The molecule has 0 aliphatic carbocycles. The molecule has 1 unspecified atom stereocenters. The van der Waals surface area contributed by atoms with Crippen LogP contribution < -0.4 is 15.4 Å². The molecule has 6 nitrogen and oxygen atoms in total. The van der Waals surface area contributed by atoms with E-state index in [-0.39, 0.29) is 17.9 Å². The van der Waals surface area contributed by atoms with E-state index in [2.05, 4.69) is 21.6 Å². The zero-order valence-electron chi connectivity index (χ0n) is 18.2. The topological polar surface area (TPSA) is 70.7 Å². The molecule has 1 saturated heterocycles. The van der Waals surface area contributed by atoms with Crippen molar-refractivity contribution in [3.8, 4) is 5.75 Å². The minimum atomic E-state index is 0.0352. The van der Waals surface area contributed by atoms with Crippen LogP contribution in [-0.2, 0) is 16.0 Å². The molecule has 2 aromatic rings. The van der Waals surface area contributed by atoms with Gasteiger partial charge >= 0.3 is 0 Å². The fourth-order valence-electron chi connectivity index (χ4n) is 4.40. The molecule has 1 atom stereocenters. The summed E-state index contributed by atoms with van der Waals surface area (Å²) in [7, 11) is 0. The van der Waals surface area contributed by atoms with Crippen molar-refractivity contribution in [3.05, 3.63) is 58.6 Å². The third-order valence-corrected chi connectivity index (χ3v) is 6.33. The van der Waals surface area contributed by atoms with Gasteiger partial charge in [0, 0.05) is 30.1 Å².